The predicted octanol–water partition coefficient (Wildman–Crippen LogP) is 5.68. The summed E-state index contributed by atoms with van der Waals surface area (Å²) in [6, 6.07) is 6.00. The fourth-order valence-electron chi connectivity index (χ4n) is 4.27. The van der Waals surface area contributed by atoms with E-state index in [1.165, 1.54) is 47.9 Å². The van der Waals surface area contributed by atoms with E-state index in [1.807, 2.05) is 25.4 Å². The molecule has 3 fully saturated rings. The second-order valence-corrected chi connectivity index (χ2v) is 12.7. The molecule has 1 heterocycles. The molecule has 0 atom stereocenters. The van der Waals surface area contributed by atoms with Gasteiger partial charge in [0, 0.05) is 51.3 Å². The Kier molecular flexibility index (Phi) is 8.73. The van der Waals surface area contributed by atoms with E-state index in [0.717, 1.165) is 24.0 Å². The van der Waals surface area contributed by atoms with Crippen LogP contribution in [-0.2, 0) is 32.9 Å². The molecule has 3 saturated carbocycles. The minimum Gasteiger partial charge on any atom is -0.182 e. The number of fused-ring (bicyclic) bond motifs is 3. The number of aryl methyl sites for hydroxylation is 1. The number of imidazole rings is 1. The Morgan fingerprint density at radius 3 is 2.14 bits per heavy atom. The van der Waals surface area contributed by atoms with Crippen molar-refractivity contribution >= 4 is 45.7 Å². The molecule has 3 aliphatic carbocycles. The van der Waals surface area contributed by atoms with Gasteiger partial charge in [0.25, 0.3) is 0 Å². The van der Waals surface area contributed by atoms with E-state index in [9.17, 15) is 0 Å². The summed E-state index contributed by atoms with van der Waals surface area (Å²) in [5.41, 5.74) is 1.78. The summed E-state index contributed by atoms with van der Waals surface area (Å²) in [7, 11) is 5.33. The van der Waals surface area contributed by atoms with Gasteiger partial charge in [0.15, 0.2) is 0 Å². The van der Waals surface area contributed by atoms with Gasteiger partial charge in [-0.3, -0.25) is 0 Å². The number of halogens is 2. The summed E-state index contributed by atoms with van der Waals surface area (Å²) in [6.45, 7) is 0.819. The molecular weight excluding hydrogens is 775 g/mol. The van der Waals surface area contributed by atoms with Gasteiger partial charge in [-0.1, -0.05) is 0 Å². The molecule has 0 unspecified atom stereocenters. The average molecular weight is 804 g/mol. The molecule has 2 bridgehead atoms. The molecule has 1 aromatic carbocycles. The minimum atomic E-state index is 0.593. The molecule has 5 rings (SSSR count). The fourth-order valence-corrected chi connectivity index (χ4v) is 6.23. The van der Waals surface area contributed by atoms with Gasteiger partial charge in [-0.15, -0.1) is 0 Å². The van der Waals surface area contributed by atoms with Gasteiger partial charge in [0.05, 0.1) is 0 Å². The van der Waals surface area contributed by atoms with Crippen LogP contribution in [0, 0.1) is 9.72 Å². The SMILES string of the molecule is COc1ccc(Cn2ccn(C)[c]2=[Pt])cc1OC.IN(I)C12CCC(CC1)CC2. The summed E-state index contributed by atoms with van der Waals surface area (Å²) in [5, 5.41) is 0. The van der Waals surface area contributed by atoms with E-state index in [-0.39, 0.29) is 0 Å². The normalized spacial score (nSPS) is 23.0. The quantitative estimate of drug-likeness (QED) is 0.288. The van der Waals surface area contributed by atoms with Crippen LogP contribution in [0.5, 0.6) is 11.5 Å². The third kappa shape index (κ3) is 5.69. The second kappa shape index (κ2) is 10.6. The maximum Gasteiger partial charge on any atom is 0.0408 e. The fraction of sp³-hybridized carbons (Fsp3) is 0.571. The predicted molar refractivity (Wildman–Crippen MR) is 129 cm³/mol. The van der Waals surface area contributed by atoms with Crippen LogP contribution in [0.15, 0.2) is 30.6 Å². The van der Waals surface area contributed by atoms with Crippen molar-refractivity contribution in [1.82, 2.24) is 10.5 Å². The van der Waals surface area contributed by atoms with Crippen LogP contribution >= 0.6 is 45.7 Å². The van der Waals surface area contributed by atoms with Crippen LogP contribution in [0.25, 0.3) is 0 Å². The third-order valence-electron chi connectivity index (χ3n) is 6.17. The van der Waals surface area contributed by atoms with Crippen LogP contribution in [0.2, 0.25) is 0 Å². The van der Waals surface area contributed by atoms with Gasteiger partial charge >= 0.3 is 117 Å². The standard InChI is InChI=1S/C13H16N2O2.C8H13I2N.Pt/c1-14-6-7-15(10-14)9-11-4-5-12(16-2)13(8-11)17-3;9-11(10)8-4-1-7(2-5-8)3-6-8;/h4-8H,9H2,1-3H3;7H,1-6H2;. The van der Waals surface area contributed by atoms with Gasteiger partial charge in [-0.05, 0) is 44.4 Å². The molecule has 2 aromatic rings. The Morgan fingerprint density at radius 2 is 1.69 bits per heavy atom. The number of hydrogen-bond donors (Lipinski definition) is 0. The van der Waals surface area contributed by atoms with Crippen LogP contribution in [0.1, 0.15) is 44.1 Å². The molecule has 1 aromatic heterocycles. The molecule has 0 aliphatic heterocycles. The maximum absolute atomic E-state index is 5.31. The molecule has 29 heavy (non-hydrogen) atoms. The molecule has 0 N–H and O–H groups in total. The van der Waals surface area contributed by atoms with E-state index < -0.39 is 0 Å². The van der Waals surface area contributed by atoms with E-state index in [1.54, 1.807) is 14.2 Å². The Bertz CT molecular complexity index is 859. The first kappa shape index (κ1) is 23.8. The number of ether oxygens (including phenoxy) is 2. The van der Waals surface area contributed by atoms with E-state index in [4.69, 9.17) is 9.47 Å². The first-order chi connectivity index (χ1) is 13.9. The number of methoxy groups -OCH3 is 2. The van der Waals surface area contributed by atoms with Crippen LogP contribution in [-0.4, -0.2) is 30.2 Å². The number of rotatable bonds is 5. The molecular formula is C21H29I2N3O2Pt. The first-order valence-corrected chi connectivity index (χ1v) is 12.9. The summed E-state index contributed by atoms with van der Waals surface area (Å²) >= 11 is 7.23. The van der Waals surface area contributed by atoms with Gasteiger partial charge in [0.2, 0.25) is 0 Å². The summed E-state index contributed by atoms with van der Waals surface area (Å²) in [6.07, 6.45) is 12.9. The molecule has 5 nitrogen and oxygen atoms in total. The van der Waals surface area contributed by atoms with Crippen molar-refractivity contribution in [2.75, 3.05) is 14.2 Å². The smallest absolute Gasteiger partial charge is 0.0408 e. The van der Waals surface area contributed by atoms with E-state index >= 15 is 0 Å². The van der Waals surface area contributed by atoms with Gasteiger partial charge in [0.1, 0.15) is 0 Å². The van der Waals surface area contributed by atoms with E-state index in [0.29, 0.717) is 5.54 Å². The largest absolute Gasteiger partial charge is 0.182 e. The molecule has 0 amide bonds. The number of aromatic nitrogens is 2. The van der Waals surface area contributed by atoms with Crippen molar-refractivity contribution < 1.29 is 28.8 Å². The zero-order chi connectivity index (χ0) is 21.0. The van der Waals surface area contributed by atoms with Crippen molar-refractivity contribution in [3.05, 3.63) is 40.0 Å². The number of hydrogen-bond acceptors (Lipinski definition) is 3. The summed E-state index contributed by atoms with van der Waals surface area (Å²) < 4.78 is 18.4. The minimum absolute atomic E-state index is 0.593. The zero-order valence-corrected chi connectivity index (χ0v) is 23.7. The first-order valence-electron chi connectivity index (χ1n) is 9.88. The second-order valence-electron chi connectivity index (χ2n) is 7.91. The molecule has 0 radical (unpaired) electrons. The van der Waals surface area contributed by atoms with Crippen molar-refractivity contribution in [1.29, 1.82) is 0 Å². The Labute approximate surface area is 212 Å². The van der Waals surface area contributed by atoms with Crippen molar-refractivity contribution in [3.8, 4) is 11.5 Å². The van der Waals surface area contributed by atoms with Crippen LogP contribution in [0.3, 0.4) is 0 Å². The molecule has 164 valence electrons. The van der Waals surface area contributed by atoms with Crippen LogP contribution in [0.4, 0.5) is 0 Å². The Hall–Kier alpha value is 0.138. The van der Waals surface area contributed by atoms with Crippen LogP contribution < -0.4 is 9.47 Å². The maximum atomic E-state index is 5.31. The van der Waals surface area contributed by atoms with Gasteiger partial charge in [-0.25, -0.2) is 0 Å². The van der Waals surface area contributed by atoms with E-state index in [2.05, 4.69) is 87.8 Å². The number of benzene rings is 1. The Balaban J connectivity index is 0.000000186. The summed E-state index contributed by atoms with van der Waals surface area (Å²) in [4.78, 5) is 0. The topological polar surface area (TPSA) is 31.6 Å². The monoisotopic (exact) mass is 804 g/mol. The molecule has 8 heteroatoms. The summed E-state index contributed by atoms with van der Waals surface area (Å²) in [5.74, 6) is 2.61. The average Bonchev–Trinajstić information content (AvgIpc) is 3.07. The van der Waals surface area contributed by atoms with Crippen molar-refractivity contribution in [2.24, 2.45) is 13.0 Å². The Morgan fingerprint density at radius 1 is 1.07 bits per heavy atom. The van der Waals surface area contributed by atoms with Gasteiger partial charge < -0.3 is 0 Å². The molecule has 0 spiro atoms. The van der Waals surface area contributed by atoms with Crippen molar-refractivity contribution in [2.45, 2.75) is 50.6 Å². The zero-order valence-electron chi connectivity index (χ0n) is 17.1. The number of nitrogens with zero attached hydrogens (tertiary/aromatic N) is 3. The molecule has 0 saturated heterocycles. The molecule has 3 aliphatic rings. The van der Waals surface area contributed by atoms with Gasteiger partial charge in [-0.2, -0.15) is 1.33 Å². The third-order valence-corrected chi connectivity index (χ3v) is 9.67. The van der Waals surface area contributed by atoms with Crippen molar-refractivity contribution in [3.63, 3.8) is 0 Å².